The van der Waals surface area contributed by atoms with Crippen molar-refractivity contribution in [1.29, 1.82) is 0 Å². The normalized spacial score (nSPS) is 11.4. The number of aromatic nitrogens is 1. The van der Waals surface area contributed by atoms with E-state index in [4.69, 9.17) is 9.15 Å². The van der Waals surface area contributed by atoms with Gasteiger partial charge in [0.05, 0.1) is 0 Å². The summed E-state index contributed by atoms with van der Waals surface area (Å²) >= 11 is 0. The predicted octanol–water partition coefficient (Wildman–Crippen LogP) is 5.60. The Morgan fingerprint density at radius 2 is 1.72 bits per heavy atom. The maximum Gasteiger partial charge on any atom is 0.267 e. The molecule has 0 fully saturated rings. The van der Waals surface area contributed by atoms with Crippen molar-refractivity contribution in [3.05, 3.63) is 78.4 Å². The topological polar surface area (TPSA) is 64.4 Å². The predicted molar refractivity (Wildman–Crippen MR) is 114 cm³/mol. The third kappa shape index (κ3) is 4.14. The average Bonchev–Trinajstić information content (AvgIpc) is 3.12. The molecule has 3 aromatic carbocycles. The number of carbonyl (C=O) groups excluding carboxylic acids is 1. The molecular weight excluding hydrogens is 364 g/mol. The van der Waals surface area contributed by atoms with Gasteiger partial charge in [-0.2, -0.15) is 0 Å². The van der Waals surface area contributed by atoms with Crippen molar-refractivity contribution in [3.63, 3.8) is 0 Å². The number of hydrogen-bond donors (Lipinski definition) is 1. The Morgan fingerprint density at radius 1 is 1.00 bits per heavy atom. The monoisotopic (exact) mass is 386 g/mol. The first-order chi connectivity index (χ1) is 13.9. The third-order valence-corrected chi connectivity index (χ3v) is 4.60. The molecule has 146 valence electrons. The molecule has 5 nitrogen and oxygen atoms in total. The Morgan fingerprint density at radius 3 is 2.45 bits per heavy atom. The van der Waals surface area contributed by atoms with Gasteiger partial charge in [-0.25, -0.2) is 4.98 Å². The number of benzene rings is 3. The lowest BCUT2D eigenvalue weighted by atomic mass is 10.1. The van der Waals surface area contributed by atoms with Crippen molar-refractivity contribution in [2.24, 2.45) is 0 Å². The van der Waals surface area contributed by atoms with Crippen LogP contribution >= 0.6 is 0 Å². The lowest BCUT2D eigenvalue weighted by Gasteiger charge is -2.25. The second-order valence-electron chi connectivity index (χ2n) is 7.45. The first kappa shape index (κ1) is 18.7. The summed E-state index contributed by atoms with van der Waals surface area (Å²) in [5, 5.41) is 2.90. The molecule has 0 saturated carbocycles. The Labute approximate surface area is 169 Å². The number of para-hydroxylation sites is 1. The van der Waals surface area contributed by atoms with Crippen molar-refractivity contribution >= 4 is 22.7 Å². The number of nitrogens with zero attached hydrogens (tertiary/aromatic N) is 1. The highest BCUT2D eigenvalue weighted by Gasteiger charge is 2.30. The Bertz CT molecular complexity index is 1150. The molecule has 0 aliphatic rings. The minimum atomic E-state index is -1.02. The molecule has 0 unspecified atom stereocenters. The van der Waals surface area contributed by atoms with Crippen LogP contribution in [0, 0.1) is 6.92 Å². The molecule has 0 atom stereocenters. The zero-order valence-corrected chi connectivity index (χ0v) is 16.6. The molecule has 29 heavy (non-hydrogen) atoms. The molecule has 0 radical (unpaired) electrons. The zero-order chi connectivity index (χ0) is 20.4. The number of carbonyl (C=O) groups is 1. The third-order valence-electron chi connectivity index (χ3n) is 4.60. The van der Waals surface area contributed by atoms with Crippen molar-refractivity contribution in [2.45, 2.75) is 26.4 Å². The number of oxazole rings is 1. The van der Waals surface area contributed by atoms with Crippen LogP contribution in [0.25, 0.3) is 22.6 Å². The van der Waals surface area contributed by atoms with Gasteiger partial charge in [-0.15, -0.1) is 0 Å². The minimum absolute atomic E-state index is 0.230. The van der Waals surface area contributed by atoms with E-state index in [1.165, 1.54) is 0 Å². The van der Waals surface area contributed by atoms with Crippen LogP contribution in [0.3, 0.4) is 0 Å². The van der Waals surface area contributed by atoms with Crippen LogP contribution in [0.1, 0.15) is 19.4 Å². The van der Waals surface area contributed by atoms with Gasteiger partial charge in [0.25, 0.3) is 5.91 Å². The molecule has 1 heterocycles. The lowest BCUT2D eigenvalue weighted by Crippen LogP contribution is -2.42. The summed E-state index contributed by atoms with van der Waals surface area (Å²) in [6.45, 7) is 5.50. The van der Waals surface area contributed by atoms with Gasteiger partial charge in [-0.05, 0) is 74.9 Å². The zero-order valence-electron chi connectivity index (χ0n) is 16.6. The van der Waals surface area contributed by atoms with Gasteiger partial charge >= 0.3 is 0 Å². The first-order valence-electron chi connectivity index (χ1n) is 9.44. The van der Waals surface area contributed by atoms with Gasteiger partial charge < -0.3 is 14.5 Å². The summed E-state index contributed by atoms with van der Waals surface area (Å²) in [7, 11) is 0. The molecule has 1 aromatic heterocycles. The molecule has 0 saturated heterocycles. The molecule has 4 aromatic rings. The Hall–Kier alpha value is -3.60. The molecule has 1 amide bonds. The van der Waals surface area contributed by atoms with Crippen LogP contribution in [0.5, 0.6) is 5.75 Å². The van der Waals surface area contributed by atoms with E-state index in [0.29, 0.717) is 17.3 Å². The fourth-order valence-electron chi connectivity index (χ4n) is 2.96. The van der Waals surface area contributed by atoms with Crippen LogP contribution in [0.2, 0.25) is 0 Å². The van der Waals surface area contributed by atoms with E-state index < -0.39 is 5.60 Å². The highest BCUT2D eigenvalue weighted by molar-refractivity contribution is 5.97. The molecule has 0 spiro atoms. The number of hydrogen-bond acceptors (Lipinski definition) is 4. The highest BCUT2D eigenvalue weighted by Crippen LogP contribution is 2.26. The smallest absolute Gasteiger partial charge is 0.267 e. The summed E-state index contributed by atoms with van der Waals surface area (Å²) < 4.78 is 11.7. The molecular formula is C24H22N2O3. The van der Waals surface area contributed by atoms with Crippen molar-refractivity contribution in [3.8, 4) is 17.2 Å². The highest BCUT2D eigenvalue weighted by atomic mass is 16.5. The van der Waals surface area contributed by atoms with E-state index >= 15 is 0 Å². The molecule has 0 aliphatic heterocycles. The summed E-state index contributed by atoms with van der Waals surface area (Å²) in [5.74, 6) is 0.969. The largest absolute Gasteiger partial charge is 0.478 e. The van der Waals surface area contributed by atoms with Crippen LogP contribution in [0.15, 0.2) is 77.2 Å². The number of anilines is 1. The van der Waals surface area contributed by atoms with E-state index in [1.807, 2.05) is 79.7 Å². The van der Waals surface area contributed by atoms with E-state index in [1.54, 1.807) is 13.8 Å². The number of fused-ring (bicyclic) bond motifs is 1. The van der Waals surface area contributed by atoms with Crippen molar-refractivity contribution in [1.82, 2.24) is 4.98 Å². The van der Waals surface area contributed by atoms with Gasteiger partial charge in [-0.1, -0.05) is 24.3 Å². The second kappa shape index (κ2) is 7.43. The SMILES string of the molecule is Cc1ccc2nc(-c3ccc(NC(=O)C(C)(C)Oc4ccccc4)cc3)oc2c1. The summed E-state index contributed by atoms with van der Waals surface area (Å²) in [6.07, 6.45) is 0. The quantitative estimate of drug-likeness (QED) is 0.485. The van der Waals surface area contributed by atoms with E-state index in [9.17, 15) is 4.79 Å². The van der Waals surface area contributed by atoms with Gasteiger partial charge in [0.15, 0.2) is 11.2 Å². The van der Waals surface area contributed by atoms with Crippen LogP contribution < -0.4 is 10.1 Å². The van der Waals surface area contributed by atoms with Crippen LogP contribution in [0.4, 0.5) is 5.69 Å². The molecule has 1 N–H and O–H groups in total. The number of amides is 1. The summed E-state index contributed by atoms with van der Waals surface area (Å²) in [5.41, 5.74) is 3.21. The average molecular weight is 386 g/mol. The Balaban J connectivity index is 1.47. The molecule has 0 aliphatic carbocycles. The number of aryl methyl sites for hydroxylation is 1. The number of nitrogens with one attached hydrogen (secondary N) is 1. The van der Waals surface area contributed by atoms with Gasteiger partial charge in [-0.3, -0.25) is 4.79 Å². The fourth-order valence-corrected chi connectivity index (χ4v) is 2.96. The van der Waals surface area contributed by atoms with Gasteiger partial charge in [0, 0.05) is 11.3 Å². The van der Waals surface area contributed by atoms with Gasteiger partial charge in [0.1, 0.15) is 11.3 Å². The van der Waals surface area contributed by atoms with Gasteiger partial charge in [0.2, 0.25) is 5.89 Å². The maximum absolute atomic E-state index is 12.7. The molecule has 5 heteroatoms. The van der Waals surface area contributed by atoms with Crippen LogP contribution in [-0.2, 0) is 4.79 Å². The minimum Gasteiger partial charge on any atom is -0.478 e. The van der Waals surface area contributed by atoms with E-state index in [2.05, 4.69) is 10.3 Å². The Kier molecular flexibility index (Phi) is 4.80. The van der Waals surface area contributed by atoms with Crippen molar-refractivity contribution in [2.75, 3.05) is 5.32 Å². The molecule has 0 bridgehead atoms. The number of ether oxygens (including phenoxy) is 1. The summed E-state index contributed by atoms with van der Waals surface area (Å²) in [6, 6.07) is 22.6. The first-order valence-corrected chi connectivity index (χ1v) is 9.44. The standard InChI is InChI=1S/C24H22N2O3/c1-16-9-14-20-21(15-16)28-22(26-20)17-10-12-18(13-11-17)25-23(27)24(2,3)29-19-7-5-4-6-8-19/h4-15H,1-3H3,(H,25,27). The lowest BCUT2D eigenvalue weighted by molar-refractivity contribution is -0.128. The molecule has 4 rings (SSSR count). The summed E-state index contributed by atoms with van der Waals surface area (Å²) in [4.78, 5) is 17.2. The van der Waals surface area contributed by atoms with Crippen LogP contribution in [-0.4, -0.2) is 16.5 Å². The fraction of sp³-hybridized carbons (Fsp3) is 0.167. The van der Waals surface area contributed by atoms with E-state index in [-0.39, 0.29) is 5.91 Å². The van der Waals surface area contributed by atoms with E-state index in [0.717, 1.165) is 22.2 Å². The maximum atomic E-state index is 12.7. The van der Waals surface area contributed by atoms with Crippen molar-refractivity contribution < 1.29 is 13.9 Å². The second-order valence-corrected chi connectivity index (χ2v) is 7.45. The number of rotatable bonds is 5.